The van der Waals surface area contributed by atoms with E-state index in [2.05, 4.69) is 15.3 Å². The standard InChI is InChI=1S/C15H23N3O3/c1-2-21-15(5-7-20-8-6-15)14-17-12(9-13(19)18-14)10-16-11-3-4-11/h9,11,16H,2-8,10H2,1H3,(H,17,18,19). The number of nitrogens with one attached hydrogen (secondary N) is 2. The molecule has 0 amide bonds. The van der Waals surface area contributed by atoms with Crippen LogP contribution in [0.4, 0.5) is 0 Å². The number of H-pyrrole nitrogens is 1. The van der Waals surface area contributed by atoms with Crippen LogP contribution in [0, 0.1) is 0 Å². The zero-order valence-electron chi connectivity index (χ0n) is 12.5. The Labute approximate surface area is 124 Å². The van der Waals surface area contributed by atoms with Gasteiger partial charge in [-0.1, -0.05) is 0 Å². The average molecular weight is 293 g/mol. The topological polar surface area (TPSA) is 76.2 Å². The Morgan fingerprint density at radius 3 is 2.90 bits per heavy atom. The van der Waals surface area contributed by atoms with E-state index in [4.69, 9.17) is 9.47 Å². The molecule has 6 heteroatoms. The van der Waals surface area contributed by atoms with E-state index in [-0.39, 0.29) is 5.56 Å². The van der Waals surface area contributed by atoms with E-state index in [1.807, 2.05) is 6.92 Å². The van der Waals surface area contributed by atoms with E-state index in [1.165, 1.54) is 12.8 Å². The maximum Gasteiger partial charge on any atom is 0.251 e. The Morgan fingerprint density at radius 1 is 1.48 bits per heavy atom. The van der Waals surface area contributed by atoms with Crippen LogP contribution in [0.25, 0.3) is 0 Å². The molecule has 0 radical (unpaired) electrons. The zero-order valence-corrected chi connectivity index (χ0v) is 12.5. The van der Waals surface area contributed by atoms with Crippen molar-refractivity contribution in [3.05, 3.63) is 27.9 Å². The van der Waals surface area contributed by atoms with E-state index in [9.17, 15) is 4.79 Å². The van der Waals surface area contributed by atoms with Gasteiger partial charge in [-0.15, -0.1) is 0 Å². The third-order valence-electron chi connectivity index (χ3n) is 4.10. The molecule has 1 saturated heterocycles. The second-order valence-corrected chi connectivity index (χ2v) is 5.78. The minimum Gasteiger partial charge on any atom is -0.381 e. The molecule has 2 N–H and O–H groups in total. The first kappa shape index (κ1) is 14.7. The van der Waals surface area contributed by atoms with Crippen molar-refractivity contribution >= 4 is 0 Å². The summed E-state index contributed by atoms with van der Waals surface area (Å²) in [5.74, 6) is 0.646. The van der Waals surface area contributed by atoms with E-state index >= 15 is 0 Å². The first-order chi connectivity index (χ1) is 10.2. The molecule has 21 heavy (non-hydrogen) atoms. The lowest BCUT2D eigenvalue weighted by Crippen LogP contribution is -2.40. The number of nitrogens with zero attached hydrogens (tertiary/aromatic N) is 1. The van der Waals surface area contributed by atoms with Crippen molar-refractivity contribution < 1.29 is 9.47 Å². The fraction of sp³-hybridized carbons (Fsp3) is 0.733. The predicted octanol–water partition coefficient (Wildman–Crippen LogP) is 1.06. The predicted molar refractivity (Wildman–Crippen MR) is 78.1 cm³/mol. The fourth-order valence-corrected chi connectivity index (χ4v) is 2.78. The number of aromatic nitrogens is 2. The van der Waals surface area contributed by atoms with Gasteiger partial charge >= 0.3 is 0 Å². The number of ether oxygens (including phenoxy) is 2. The highest BCUT2D eigenvalue weighted by Crippen LogP contribution is 2.33. The summed E-state index contributed by atoms with van der Waals surface area (Å²) in [6.45, 7) is 4.46. The van der Waals surface area contributed by atoms with Crippen LogP contribution in [0.3, 0.4) is 0 Å². The Hall–Kier alpha value is -1.24. The summed E-state index contributed by atoms with van der Waals surface area (Å²) in [7, 11) is 0. The lowest BCUT2D eigenvalue weighted by atomic mass is 9.92. The highest BCUT2D eigenvalue weighted by molar-refractivity contribution is 5.10. The van der Waals surface area contributed by atoms with Crippen molar-refractivity contribution in [2.24, 2.45) is 0 Å². The SMILES string of the molecule is CCOC1(c2nc(CNC3CC3)cc(=O)[nH]2)CCOCC1. The van der Waals surface area contributed by atoms with Crippen LogP contribution in [0.2, 0.25) is 0 Å². The molecular formula is C15H23N3O3. The highest BCUT2D eigenvalue weighted by Gasteiger charge is 2.38. The molecule has 0 unspecified atom stereocenters. The van der Waals surface area contributed by atoms with Crippen LogP contribution < -0.4 is 10.9 Å². The molecule has 1 aliphatic carbocycles. The van der Waals surface area contributed by atoms with Crippen LogP contribution in [0.1, 0.15) is 44.1 Å². The molecule has 0 bridgehead atoms. The Balaban J connectivity index is 1.85. The Kier molecular flexibility index (Phi) is 4.37. The maximum atomic E-state index is 12.0. The minimum atomic E-state index is -0.512. The van der Waals surface area contributed by atoms with E-state index in [1.54, 1.807) is 6.07 Å². The van der Waals surface area contributed by atoms with E-state index < -0.39 is 5.60 Å². The molecule has 3 rings (SSSR count). The molecule has 1 aromatic heterocycles. The largest absolute Gasteiger partial charge is 0.381 e. The monoisotopic (exact) mass is 293 g/mol. The van der Waals surface area contributed by atoms with Crippen LogP contribution >= 0.6 is 0 Å². The fourth-order valence-electron chi connectivity index (χ4n) is 2.78. The molecule has 116 valence electrons. The molecule has 0 spiro atoms. The third kappa shape index (κ3) is 3.51. The average Bonchev–Trinajstić information content (AvgIpc) is 3.30. The van der Waals surface area contributed by atoms with Gasteiger partial charge in [-0.2, -0.15) is 0 Å². The lowest BCUT2D eigenvalue weighted by Gasteiger charge is -2.35. The minimum absolute atomic E-state index is 0.113. The van der Waals surface area contributed by atoms with Crippen LogP contribution in [0.15, 0.2) is 10.9 Å². The number of hydrogen-bond acceptors (Lipinski definition) is 5. The molecule has 2 fully saturated rings. The second kappa shape index (κ2) is 6.25. The van der Waals surface area contributed by atoms with Crippen LogP contribution in [-0.4, -0.2) is 35.8 Å². The molecule has 1 aromatic rings. The normalized spacial score (nSPS) is 21.4. The molecule has 0 aromatic carbocycles. The van der Waals surface area contributed by atoms with Gasteiger partial charge in [-0.05, 0) is 19.8 Å². The highest BCUT2D eigenvalue weighted by atomic mass is 16.5. The maximum absolute atomic E-state index is 12.0. The molecule has 2 heterocycles. The van der Waals surface area contributed by atoms with Gasteiger partial charge in [0.05, 0.1) is 5.69 Å². The first-order valence-corrected chi connectivity index (χ1v) is 7.78. The number of rotatable bonds is 6. The van der Waals surface area contributed by atoms with Crippen molar-refractivity contribution in [3.63, 3.8) is 0 Å². The number of aromatic amines is 1. The van der Waals surface area contributed by atoms with Gasteiger partial charge in [-0.3, -0.25) is 4.79 Å². The summed E-state index contributed by atoms with van der Waals surface area (Å²) in [5, 5.41) is 3.39. The summed E-state index contributed by atoms with van der Waals surface area (Å²) >= 11 is 0. The van der Waals surface area contributed by atoms with Crippen molar-refractivity contribution in [3.8, 4) is 0 Å². The Bertz CT molecular complexity index is 528. The van der Waals surface area contributed by atoms with Gasteiger partial charge in [0.1, 0.15) is 11.4 Å². The summed E-state index contributed by atoms with van der Waals surface area (Å²) in [4.78, 5) is 19.5. The van der Waals surface area contributed by atoms with Crippen molar-refractivity contribution in [2.75, 3.05) is 19.8 Å². The van der Waals surface area contributed by atoms with Gasteiger partial charge in [0.2, 0.25) is 0 Å². The molecule has 0 atom stereocenters. The second-order valence-electron chi connectivity index (χ2n) is 5.78. The summed E-state index contributed by atoms with van der Waals surface area (Å²) in [6, 6.07) is 2.16. The van der Waals surface area contributed by atoms with Crippen LogP contribution in [-0.2, 0) is 21.6 Å². The summed E-state index contributed by atoms with van der Waals surface area (Å²) < 4.78 is 11.4. The summed E-state index contributed by atoms with van der Waals surface area (Å²) in [6.07, 6.45) is 3.89. The van der Waals surface area contributed by atoms with Crippen molar-refractivity contribution in [2.45, 2.75) is 50.8 Å². The van der Waals surface area contributed by atoms with Crippen LogP contribution in [0.5, 0.6) is 0 Å². The number of hydrogen-bond donors (Lipinski definition) is 2. The third-order valence-corrected chi connectivity index (χ3v) is 4.10. The van der Waals surface area contributed by atoms with Gasteiger partial charge in [0.25, 0.3) is 5.56 Å². The molecule has 1 saturated carbocycles. The van der Waals surface area contributed by atoms with E-state index in [0.29, 0.717) is 38.2 Å². The lowest BCUT2D eigenvalue weighted by molar-refractivity contribution is -0.118. The van der Waals surface area contributed by atoms with Gasteiger partial charge in [-0.25, -0.2) is 4.98 Å². The first-order valence-electron chi connectivity index (χ1n) is 7.78. The zero-order chi connectivity index (χ0) is 14.7. The molecular weight excluding hydrogens is 270 g/mol. The molecule has 6 nitrogen and oxygen atoms in total. The molecule has 1 aliphatic heterocycles. The smallest absolute Gasteiger partial charge is 0.251 e. The Morgan fingerprint density at radius 2 is 2.24 bits per heavy atom. The van der Waals surface area contributed by atoms with Crippen molar-refractivity contribution in [1.82, 2.24) is 15.3 Å². The van der Waals surface area contributed by atoms with Gasteiger partial charge < -0.3 is 19.8 Å². The van der Waals surface area contributed by atoms with Crippen molar-refractivity contribution in [1.29, 1.82) is 0 Å². The van der Waals surface area contributed by atoms with Gasteiger partial charge in [0.15, 0.2) is 0 Å². The quantitative estimate of drug-likeness (QED) is 0.820. The van der Waals surface area contributed by atoms with Gasteiger partial charge in [0, 0.05) is 51.3 Å². The summed E-state index contributed by atoms with van der Waals surface area (Å²) in [5.41, 5.74) is 0.159. The molecule has 2 aliphatic rings. The van der Waals surface area contributed by atoms with E-state index in [0.717, 1.165) is 18.5 Å².